The van der Waals surface area contributed by atoms with Crippen LogP contribution in [0.4, 0.5) is 8.78 Å². The molecule has 30 heavy (non-hydrogen) atoms. The molecule has 0 fully saturated rings. The van der Waals surface area contributed by atoms with Gasteiger partial charge in [0.15, 0.2) is 5.82 Å². The third-order valence-corrected chi connectivity index (χ3v) is 5.10. The quantitative estimate of drug-likeness (QED) is 0.522. The number of carbonyl (C=O) groups is 1. The summed E-state index contributed by atoms with van der Waals surface area (Å²) in [6, 6.07) is 16.1. The van der Waals surface area contributed by atoms with Crippen LogP contribution in [0, 0.1) is 23.0 Å². The fraction of sp³-hybridized carbons (Fsp3) is 0.0476. The van der Waals surface area contributed by atoms with Crippen molar-refractivity contribution >= 4 is 17.2 Å². The first-order chi connectivity index (χ1) is 14.6. The van der Waals surface area contributed by atoms with Gasteiger partial charge >= 0.3 is 0 Å². The zero-order valence-electron chi connectivity index (χ0n) is 15.3. The third-order valence-electron chi connectivity index (χ3n) is 4.23. The topological polar surface area (TPSA) is 83.6 Å². The summed E-state index contributed by atoms with van der Waals surface area (Å²) in [6.45, 7) is 0. The molecular formula is C21H13F2N5OS. The van der Waals surface area contributed by atoms with Crippen molar-refractivity contribution in [2.75, 3.05) is 0 Å². The van der Waals surface area contributed by atoms with Crippen molar-refractivity contribution < 1.29 is 13.6 Å². The average molecular weight is 421 g/mol. The van der Waals surface area contributed by atoms with E-state index in [-0.39, 0.29) is 11.4 Å². The van der Waals surface area contributed by atoms with E-state index < -0.39 is 23.6 Å². The summed E-state index contributed by atoms with van der Waals surface area (Å²) in [5, 5.41) is 18.0. The number of hydrogen-bond donors (Lipinski definition) is 1. The Kier molecular flexibility index (Phi) is 5.32. The van der Waals surface area contributed by atoms with E-state index in [1.807, 2.05) is 47.8 Å². The number of amides is 1. The minimum atomic E-state index is -1.33. The number of benzene rings is 2. The molecule has 0 spiro atoms. The van der Waals surface area contributed by atoms with Crippen LogP contribution >= 0.6 is 11.3 Å². The lowest BCUT2D eigenvalue weighted by molar-refractivity contribution is 0.0934. The first-order valence-corrected chi connectivity index (χ1v) is 9.66. The van der Waals surface area contributed by atoms with Crippen molar-refractivity contribution in [2.45, 2.75) is 6.04 Å². The fourth-order valence-electron chi connectivity index (χ4n) is 2.83. The SMILES string of the molecule is N#CC(NC(=O)c1nc(-c2cccs2)n(-c2ccccc2)n1)c1ccc(F)cc1F. The van der Waals surface area contributed by atoms with Crippen LogP contribution < -0.4 is 5.32 Å². The Labute approximate surface area is 174 Å². The summed E-state index contributed by atoms with van der Waals surface area (Å²) < 4.78 is 28.7. The molecule has 2 heterocycles. The summed E-state index contributed by atoms with van der Waals surface area (Å²) >= 11 is 1.44. The molecule has 0 aliphatic heterocycles. The van der Waals surface area contributed by atoms with Gasteiger partial charge in [-0.25, -0.2) is 18.4 Å². The number of rotatable bonds is 5. The second-order valence-electron chi connectivity index (χ2n) is 6.19. The molecule has 0 saturated carbocycles. The maximum absolute atomic E-state index is 14.0. The van der Waals surface area contributed by atoms with Gasteiger partial charge in [-0.2, -0.15) is 5.26 Å². The Bertz CT molecular complexity index is 1230. The summed E-state index contributed by atoms with van der Waals surface area (Å²) in [5.41, 5.74) is 0.557. The van der Waals surface area contributed by atoms with E-state index in [0.717, 1.165) is 17.0 Å². The molecule has 0 saturated heterocycles. The number of aromatic nitrogens is 3. The van der Waals surface area contributed by atoms with E-state index in [1.54, 1.807) is 6.07 Å². The number of nitrogens with one attached hydrogen (secondary N) is 1. The molecule has 9 heteroatoms. The van der Waals surface area contributed by atoms with Crippen molar-refractivity contribution in [1.29, 1.82) is 5.26 Å². The van der Waals surface area contributed by atoms with Crippen LogP contribution in [0.5, 0.6) is 0 Å². The lowest BCUT2D eigenvalue weighted by atomic mass is 10.1. The largest absolute Gasteiger partial charge is 0.330 e. The maximum Gasteiger partial charge on any atom is 0.292 e. The smallest absolute Gasteiger partial charge is 0.292 e. The first kappa shape index (κ1) is 19.4. The van der Waals surface area contributed by atoms with Gasteiger partial charge in [0.05, 0.1) is 16.6 Å². The van der Waals surface area contributed by atoms with E-state index in [4.69, 9.17) is 0 Å². The Morgan fingerprint density at radius 3 is 2.60 bits per heavy atom. The Hall–Kier alpha value is -3.90. The molecule has 0 aliphatic carbocycles. The van der Waals surface area contributed by atoms with Crippen LogP contribution in [0.25, 0.3) is 16.4 Å². The predicted octanol–water partition coefficient (Wildman–Crippen LogP) is 4.27. The molecule has 6 nitrogen and oxygen atoms in total. The molecule has 1 unspecified atom stereocenters. The summed E-state index contributed by atoms with van der Waals surface area (Å²) in [7, 11) is 0. The second-order valence-corrected chi connectivity index (χ2v) is 7.13. The van der Waals surface area contributed by atoms with Crippen molar-refractivity contribution in [1.82, 2.24) is 20.1 Å². The molecular weight excluding hydrogens is 408 g/mol. The van der Waals surface area contributed by atoms with E-state index in [1.165, 1.54) is 16.0 Å². The zero-order valence-corrected chi connectivity index (χ0v) is 16.1. The standard InChI is InChI=1S/C21H13F2N5OS/c22-13-8-9-15(16(23)11-13)17(12-24)25-21(29)19-26-20(18-7-4-10-30-18)28(27-19)14-5-2-1-3-6-14/h1-11,17H,(H,25,29). The van der Waals surface area contributed by atoms with E-state index in [2.05, 4.69) is 15.4 Å². The number of nitriles is 1. The Balaban J connectivity index is 1.68. The number of para-hydroxylation sites is 1. The average Bonchev–Trinajstić information content (AvgIpc) is 3.43. The fourth-order valence-corrected chi connectivity index (χ4v) is 3.53. The number of hydrogen-bond acceptors (Lipinski definition) is 5. The van der Waals surface area contributed by atoms with Crippen LogP contribution in [0.3, 0.4) is 0 Å². The van der Waals surface area contributed by atoms with Crippen LogP contribution in [-0.2, 0) is 0 Å². The molecule has 1 N–H and O–H groups in total. The van der Waals surface area contributed by atoms with E-state index in [0.29, 0.717) is 17.6 Å². The van der Waals surface area contributed by atoms with Gasteiger partial charge in [-0.15, -0.1) is 16.4 Å². The third kappa shape index (κ3) is 3.81. The van der Waals surface area contributed by atoms with Crippen LogP contribution in [0.15, 0.2) is 66.0 Å². The Morgan fingerprint density at radius 1 is 1.13 bits per heavy atom. The Morgan fingerprint density at radius 2 is 1.93 bits per heavy atom. The lowest BCUT2D eigenvalue weighted by Gasteiger charge is -2.11. The lowest BCUT2D eigenvalue weighted by Crippen LogP contribution is -2.29. The minimum Gasteiger partial charge on any atom is -0.330 e. The number of halogens is 2. The zero-order chi connectivity index (χ0) is 21.1. The highest BCUT2D eigenvalue weighted by molar-refractivity contribution is 7.13. The molecule has 1 atom stereocenters. The van der Waals surface area contributed by atoms with Gasteiger partial charge in [0.2, 0.25) is 5.82 Å². The van der Waals surface area contributed by atoms with Gasteiger partial charge < -0.3 is 5.32 Å². The maximum atomic E-state index is 14.0. The van der Waals surface area contributed by atoms with Crippen molar-refractivity contribution in [3.8, 4) is 22.5 Å². The van der Waals surface area contributed by atoms with Gasteiger partial charge in [0.25, 0.3) is 5.91 Å². The first-order valence-electron chi connectivity index (χ1n) is 8.78. The summed E-state index contributed by atoms with van der Waals surface area (Å²) in [6.07, 6.45) is 0. The van der Waals surface area contributed by atoms with Gasteiger partial charge in [0, 0.05) is 11.6 Å². The van der Waals surface area contributed by atoms with Crippen LogP contribution in [-0.4, -0.2) is 20.7 Å². The molecule has 2 aromatic carbocycles. The van der Waals surface area contributed by atoms with E-state index >= 15 is 0 Å². The molecule has 148 valence electrons. The monoisotopic (exact) mass is 421 g/mol. The van der Waals surface area contributed by atoms with Crippen LogP contribution in [0.1, 0.15) is 22.2 Å². The summed E-state index contributed by atoms with van der Waals surface area (Å²) in [4.78, 5) is 17.9. The number of thiophene rings is 1. The minimum absolute atomic E-state index is 0.145. The van der Waals surface area contributed by atoms with Crippen LogP contribution in [0.2, 0.25) is 0 Å². The highest BCUT2D eigenvalue weighted by Crippen LogP contribution is 2.26. The molecule has 4 rings (SSSR count). The molecule has 0 radical (unpaired) electrons. The number of nitrogens with zero attached hydrogens (tertiary/aromatic N) is 4. The van der Waals surface area contributed by atoms with Crippen molar-refractivity contribution in [3.63, 3.8) is 0 Å². The molecule has 2 aromatic heterocycles. The van der Waals surface area contributed by atoms with E-state index in [9.17, 15) is 18.8 Å². The highest BCUT2D eigenvalue weighted by Gasteiger charge is 2.24. The molecule has 1 amide bonds. The predicted molar refractivity (Wildman–Crippen MR) is 107 cm³/mol. The highest BCUT2D eigenvalue weighted by atomic mass is 32.1. The summed E-state index contributed by atoms with van der Waals surface area (Å²) in [5.74, 6) is -2.17. The van der Waals surface area contributed by atoms with Gasteiger partial charge in [-0.1, -0.05) is 30.3 Å². The van der Waals surface area contributed by atoms with Gasteiger partial charge in [0.1, 0.15) is 17.7 Å². The van der Waals surface area contributed by atoms with Crippen molar-refractivity contribution in [2.24, 2.45) is 0 Å². The van der Waals surface area contributed by atoms with Gasteiger partial charge in [-0.05, 0) is 29.6 Å². The molecule has 0 aliphatic rings. The van der Waals surface area contributed by atoms with Crippen molar-refractivity contribution in [3.05, 3.63) is 89.1 Å². The number of carbonyl (C=O) groups excluding carboxylic acids is 1. The molecule has 4 aromatic rings. The van der Waals surface area contributed by atoms with Gasteiger partial charge in [-0.3, -0.25) is 4.79 Å². The normalized spacial score (nSPS) is 11.6. The molecule has 0 bridgehead atoms. The second kappa shape index (κ2) is 8.23.